The van der Waals surface area contributed by atoms with Crippen LogP contribution in [0.4, 0.5) is 20.2 Å². The van der Waals surface area contributed by atoms with Crippen LogP contribution in [0.1, 0.15) is 34.5 Å². The summed E-state index contributed by atoms with van der Waals surface area (Å²) in [7, 11) is 5.44. The summed E-state index contributed by atoms with van der Waals surface area (Å²) in [4.78, 5) is 38.8. The van der Waals surface area contributed by atoms with Gasteiger partial charge in [-0.3, -0.25) is 9.78 Å². The summed E-state index contributed by atoms with van der Waals surface area (Å²) in [6, 6.07) is 2.82. The van der Waals surface area contributed by atoms with E-state index >= 15 is 4.39 Å². The van der Waals surface area contributed by atoms with Crippen LogP contribution in [0.3, 0.4) is 0 Å². The molecule has 42 heavy (non-hydrogen) atoms. The van der Waals surface area contributed by atoms with Crippen LogP contribution in [0.15, 0.2) is 35.5 Å². The second kappa shape index (κ2) is 9.32. The Kier molecular flexibility index (Phi) is 5.88. The Balaban J connectivity index is 1.49. The average Bonchev–Trinajstić information content (AvgIpc) is 3.68. The lowest BCUT2D eigenvalue weighted by atomic mass is 9.86. The first-order valence-corrected chi connectivity index (χ1v) is 14.0. The zero-order valence-electron chi connectivity index (χ0n) is 23.6. The monoisotopic (exact) mass is 572 g/mol. The molecular formula is C31H30F2N6O3. The van der Waals surface area contributed by atoms with Gasteiger partial charge in [-0.05, 0) is 38.1 Å². The summed E-state index contributed by atoms with van der Waals surface area (Å²) in [6.07, 6.45) is 6.97. The summed E-state index contributed by atoms with van der Waals surface area (Å²) in [5, 5.41) is 12.8. The second-order valence-corrected chi connectivity index (χ2v) is 11.9. The van der Waals surface area contributed by atoms with Crippen molar-refractivity contribution < 1.29 is 18.7 Å². The van der Waals surface area contributed by atoms with Gasteiger partial charge in [0.2, 0.25) is 5.43 Å². The first-order chi connectivity index (χ1) is 20.1. The van der Waals surface area contributed by atoms with Gasteiger partial charge in [0.25, 0.3) is 0 Å². The zero-order valence-corrected chi connectivity index (χ0v) is 23.6. The number of carboxylic acid groups (broad SMARTS) is 1. The van der Waals surface area contributed by atoms with Gasteiger partial charge in [0, 0.05) is 98.2 Å². The molecule has 2 fully saturated rings. The van der Waals surface area contributed by atoms with Gasteiger partial charge in [0.05, 0.1) is 16.8 Å². The van der Waals surface area contributed by atoms with Crippen molar-refractivity contribution in [2.45, 2.75) is 19.3 Å². The van der Waals surface area contributed by atoms with Crippen LogP contribution in [0.2, 0.25) is 0 Å². The molecule has 5 heterocycles. The minimum atomic E-state index is -1.32. The summed E-state index contributed by atoms with van der Waals surface area (Å²) in [6.45, 7) is 3.44. The number of likely N-dealkylation sites (tertiary alicyclic amines) is 1. The van der Waals surface area contributed by atoms with E-state index in [-0.39, 0.29) is 21.9 Å². The van der Waals surface area contributed by atoms with E-state index in [0.717, 1.165) is 44.7 Å². The molecule has 1 unspecified atom stereocenters. The van der Waals surface area contributed by atoms with E-state index in [1.807, 2.05) is 0 Å². The average molecular weight is 573 g/mol. The lowest BCUT2D eigenvalue weighted by Gasteiger charge is -2.28. The van der Waals surface area contributed by atoms with Crippen LogP contribution < -0.4 is 15.6 Å². The van der Waals surface area contributed by atoms with Crippen LogP contribution in [-0.4, -0.2) is 70.8 Å². The summed E-state index contributed by atoms with van der Waals surface area (Å²) in [5.74, 6) is -3.16. The number of carbonyl (C=O) groups is 1. The molecule has 4 aromatic rings. The molecule has 0 amide bonds. The van der Waals surface area contributed by atoms with E-state index in [1.165, 1.54) is 16.8 Å². The molecule has 9 nitrogen and oxygen atoms in total. The van der Waals surface area contributed by atoms with Gasteiger partial charge in [0.15, 0.2) is 11.6 Å². The molecule has 7 rings (SSSR count). The molecule has 1 spiro atoms. The maximum Gasteiger partial charge on any atom is 0.341 e. The molecule has 3 aromatic heterocycles. The van der Waals surface area contributed by atoms with Crippen molar-refractivity contribution in [1.29, 1.82) is 0 Å². The van der Waals surface area contributed by atoms with Gasteiger partial charge in [-0.25, -0.2) is 18.6 Å². The third-order valence-corrected chi connectivity index (χ3v) is 9.26. The number of pyridine rings is 3. The molecular weight excluding hydrogens is 542 g/mol. The van der Waals surface area contributed by atoms with Crippen molar-refractivity contribution >= 4 is 28.4 Å². The topological polar surface area (TPSA) is 104 Å². The lowest BCUT2D eigenvalue weighted by molar-refractivity contribution is 0.0695. The molecule has 216 valence electrons. The number of anilines is 2. The Morgan fingerprint density at radius 3 is 2.57 bits per heavy atom. The third-order valence-electron chi connectivity index (χ3n) is 9.26. The number of rotatable bonds is 4. The van der Waals surface area contributed by atoms with E-state index in [4.69, 9.17) is 4.98 Å². The standard InChI is InChI=1S/C31H30F2N6O3/c1-34-22-10-21(32)26(33)24-17(22)9-23-25(24)27(39-7-5-31(15-39)4-6-37(2)14-31)19(12-35-23)16-8-18-28(40)20(30(41)42)13-38(3)29(18)36-11-16/h8,10-13,34H,4-7,9,14-15H2,1-3H3,(H,41,42). The van der Waals surface area contributed by atoms with Crippen LogP contribution >= 0.6 is 0 Å². The SMILES string of the molecule is CNc1cc(F)c(F)c2c1Cc1ncc(-c3cnc4c(c3)c(=O)c(C(=O)O)cn4C)c(N3CCC4(CCN(C)C4)C3)c1-2. The fourth-order valence-electron chi connectivity index (χ4n) is 7.26. The van der Waals surface area contributed by atoms with Crippen molar-refractivity contribution in [3.8, 4) is 22.3 Å². The predicted molar refractivity (Wildman–Crippen MR) is 156 cm³/mol. The minimum absolute atomic E-state index is 0.0915. The third kappa shape index (κ3) is 3.83. The molecule has 0 saturated carbocycles. The molecule has 1 aromatic carbocycles. The van der Waals surface area contributed by atoms with Crippen molar-refractivity contribution in [2.75, 3.05) is 50.5 Å². The van der Waals surface area contributed by atoms with Crippen LogP contribution in [0.25, 0.3) is 33.3 Å². The number of hydrogen-bond donors (Lipinski definition) is 2. The number of nitrogens with one attached hydrogen (secondary N) is 1. The number of hydrogen-bond acceptors (Lipinski definition) is 7. The molecule has 3 aliphatic rings. The predicted octanol–water partition coefficient (Wildman–Crippen LogP) is 4.12. The van der Waals surface area contributed by atoms with E-state index in [1.54, 1.807) is 32.6 Å². The molecule has 0 radical (unpaired) electrons. The van der Waals surface area contributed by atoms with Gasteiger partial charge in [-0.2, -0.15) is 0 Å². The molecule has 11 heteroatoms. The van der Waals surface area contributed by atoms with Gasteiger partial charge < -0.3 is 24.8 Å². The van der Waals surface area contributed by atoms with Gasteiger partial charge >= 0.3 is 5.97 Å². The molecule has 2 aliphatic heterocycles. The normalized spacial score (nSPS) is 19.6. The number of nitrogens with zero attached hydrogens (tertiary/aromatic N) is 5. The number of halogens is 2. The van der Waals surface area contributed by atoms with Crippen molar-refractivity contribution in [1.82, 2.24) is 19.4 Å². The molecule has 0 bridgehead atoms. The molecule has 1 aliphatic carbocycles. The van der Waals surface area contributed by atoms with Crippen molar-refractivity contribution in [3.63, 3.8) is 0 Å². The summed E-state index contributed by atoms with van der Waals surface area (Å²) < 4.78 is 32.2. The first kappa shape index (κ1) is 26.5. The highest BCUT2D eigenvalue weighted by atomic mass is 19.2. The largest absolute Gasteiger partial charge is 0.477 e. The number of aromatic nitrogens is 3. The maximum atomic E-state index is 15.7. The highest BCUT2D eigenvalue weighted by Crippen LogP contribution is 2.52. The Morgan fingerprint density at radius 2 is 1.86 bits per heavy atom. The lowest BCUT2D eigenvalue weighted by Crippen LogP contribution is -2.30. The van der Waals surface area contributed by atoms with Crippen LogP contribution in [0.5, 0.6) is 0 Å². The molecule has 1 atom stereocenters. The zero-order chi connectivity index (χ0) is 29.5. The van der Waals surface area contributed by atoms with Crippen molar-refractivity contribution in [2.24, 2.45) is 12.5 Å². The van der Waals surface area contributed by atoms with Gasteiger partial charge in [0.1, 0.15) is 11.2 Å². The Morgan fingerprint density at radius 1 is 1.07 bits per heavy atom. The van der Waals surface area contributed by atoms with E-state index in [0.29, 0.717) is 45.7 Å². The number of benzene rings is 1. The first-order valence-electron chi connectivity index (χ1n) is 14.0. The smallest absolute Gasteiger partial charge is 0.341 e. The van der Waals surface area contributed by atoms with E-state index in [9.17, 15) is 19.1 Å². The Labute approximate surface area is 240 Å². The van der Waals surface area contributed by atoms with Gasteiger partial charge in [-0.1, -0.05) is 0 Å². The molecule has 2 N–H and O–H groups in total. The highest BCUT2D eigenvalue weighted by Gasteiger charge is 2.44. The Bertz CT molecular complexity index is 1890. The van der Waals surface area contributed by atoms with E-state index < -0.39 is 23.0 Å². The maximum absolute atomic E-state index is 15.7. The van der Waals surface area contributed by atoms with Crippen LogP contribution in [-0.2, 0) is 13.5 Å². The summed E-state index contributed by atoms with van der Waals surface area (Å²) in [5.41, 5.74) is 3.98. The van der Waals surface area contributed by atoms with Crippen LogP contribution in [0, 0.1) is 17.0 Å². The number of aryl methyl sites for hydroxylation is 1. The quantitative estimate of drug-likeness (QED) is 0.332. The van der Waals surface area contributed by atoms with E-state index in [2.05, 4.69) is 27.1 Å². The van der Waals surface area contributed by atoms with Gasteiger partial charge in [-0.15, -0.1) is 0 Å². The Hall–Kier alpha value is -4.38. The summed E-state index contributed by atoms with van der Waals surface area (Å²) >= 11 is 0. The minimum Gasteiger partial charge on any atom is -0.477 e. The fraction of sp³-hybridized carbons (Fsp3) is 0.355. The fourth-order valence-corrected chi connectivity index (χ4v) is 7.26. The molecule has 2 saturated heterocycles. The number of aromatic carboxylic acids is 1. The second-order valence-electron chi connectivity index (χ2n) is 11.9. The van der Waals surface area contributed by atoms with Crippen molar-refractivity contribution in [3.05, 3.63) is 69.4 Å². The number of carboxylic acids is 1. The highest BCUT2D eigenvalue weighted by molar-refractivity contribution is 5.98. The number of fused-ring (bicyclic) bond motifs is 4.